The predicted octanol–water partition coefficient (Wildman–Crippen LogP) is -0.326. The van der Waals surface area contributed by atoms with E-state index in [1.54, 1.807) is 4.90 Å². The highest BCUT2D eigenvalue weighted by Crippen LogP contribution is 2.23. The summed E-state index contributed by atoms with van der Waals surface area (Å²) in [6.07, 6.45) is 1.40. The summed E-state index contributed by atoms with van der Waals surface area (Å²) in [5.41, 5.74) is -0.0819. The van der Waals surface area contributed by atoms with Crippen LogP contribution in [0.15, 0.2) is 6.20 Å². The first-order chi connectivity index (χ1) is 10.1. The molecule has 2 aliphatic heterocycles. The van der Waals surface area contributed by atoms with Gasteiger partial charge in [0, 0.05) is 19.6 Å². The summed E-state index contributed by atoms with van der Waals surface area (Å²) in [5.74, 6) is -1.10. The molecule has 1 aromatic rings. The van der Waals surface area contributed by atoms with Gasteiger partial charge in [-0.2, -0.15) is 0 Å². The molecule has 1 unspecified atom stereocenters. The van der Waals surface area contributed by atoms with Crippen molar-refractivity contribution in [2.45, 2.75) is 19.0 Å². The second-order valence-electron chi connectivity index (χ2n) is 5.35. The molecular formula is C12H17N5O4. The summed E-state index contributed by atoms with van der Waals surface area (Å²) in [7, 11) is 0. The van der Waals surface area contributed by atoms with E-state index in [1.165, 1.54) is 10.9 Å². The van der Waals surface area contributed by atoms with Crippen LogP contribution in [0.3, 0.4) is 0 Å². The standard InChI is InChI=1S/C12H17N5O4/c1-8-7-21-3-2-16(8)12(20)15-4-9(5-15)17-6-10(11(18)19)13-14-17/h6,8-9H,2-5,7H2,1H3,(H,18,19). The molecule has 0 saturated carbocycles. The molecule has 1 N–H and O–H groups in total. The number of carbonyl (C=O) groups is 2. The first-order valence-corrected chi connectivity index (χ1v) is 6.84. The topological polar surface area (TPSA) is 101 Å². The average molecular weight is 295 g/mol. The first kappa shape index (κ1) is 13.8. The van der Waals surface area contributed by atoms with Crippen molar-refractivity contribution in [2.24, 2.45) is 0 Å². The predicted molar refractivity (Wildman–Crippen MR) is 70.0 cm³/mol. The molecule has 9 heteroatoms. The molecule has 0 aromatic carbocycles. The molecule has 1 aromatic heterocycles. The smallest absolute Gasteiger partial charge is 0.358 e. The number of aromatic nitrogens is 3. The molecule has 0 radical (unpaired) electrons. The normalized spacial score (nSPS) is 23.0. The maximum Gasteiger partial charge on any atom is 0.358 e. The summed E-state index contributed by atoms with van der Waals surface area (Å²) >= 11 is 0. The van der Waals surface area contributed by atoms with Gasteiger partial charge in [0.25, 0.3) is 0 Å². The third kappa shape index (κ3) is 2.56. The molecule has 2 fully saturated rings. The van der Waals surface area contributed by atoms with Crippen LogP contribution >= 0.6 is 0 Å². The van der Waals surface area contributed by atoms with Crippen LogP contribution in [0.4, 0.5) is 4.79 Å². The lowest BCUT2D eigenvalue weighted by molar-refractivity contribution is 0.00000332. The number of rotatable bonds is 2. The number of carbonyl (C=O) groups excluding carboxylic acids is 1. The van der Waals surface area contributed by atoms with Crippen molar-refractivity contribution >= 4 is 12.0 Å². The van der Waals surface area contributed by atoms with Crippen LogP contribution in [0.5, 0.6) is 0 Å². The monoisotopic (exact) mass is 295 g/mol. The highest BCUT2D eigenvalue weighted by Gasteiger charge is 2.37. The molecule has 2 aliphatic rings. The Hall–Kier alpha value is -2.16. The van der Waals surface area contributed by atoms with Crippen LogP contribution in [0.25, 0.3) is 0 Å². The van der Waals surface area contributed by atoms with E-state index in [4.69, 9.17) is 9.84 Å². The van der Waals surface area contributed by atoms with Gasteiger partial charge in [-0.05, 0) is 6.92 Å². The van der Waals surface area contributed by atoms with Crippen LogP contribution in [0.1, 0.15) is 23.5 Å². The number of urea groups is 1. The van der Waals surface area contributed by atoms with E-state index in [0.29, 0.717) is 32.8 Å². The minimum atomic E-state index is -1.10. The number of aromatic carboxylic acids is 1. The van der Waals surface area contributed by atoms with Gasteiger partial charge in [-0.25, -0.2) is 14.3 Å². The summed E-state index contributed by atoms with van der Waals surface area (Å²) in [6, 6.07) is 0.0711. The summed E-state index contributed by atoms with van der Waals surface area (Å²) in [5, 5.41) is 16.2. The molecule has 2 saturated heterocycles. The third-order valence-electron chi connectivity index (χ3n) is 3.85. The van der Waals surface area contributed by atoms with Crippen LogP contribution in [-0.2, 0) is 4.74 Å². The Morgan fingerprint density at radius 2 is 2.19 bits per heavy atom. The van der Waals surface area contributed by atoms with Crippen LogP contribution in [0, 0.1) is 0 Å². The van der Waals surface area contributed by atoms with Gasteiger partial charge in [0.05, 0.1) is 31.5 Å². The van der Waals surface area contributed by atoms with Gasteiger partial charge >= 0.3 is 12.0 Å². The fourth-order valence-corrected chi connectivity index (χ4v) is 2.52. The second-order valence-corrected chi connectivity index (χ2v) is 5.35. The van der Waals surface area contributed by atoms with E-state index in [2.05, 4.69) is 10.3 Å². The largest absolute Gasteiger partial charge is 0.476 e. The number of hydrogen-bond donors (Lipinski definition) is 1. The van der Waals surface area contributed by atoms with Crippen LogP contribution < -0.4 is 0 Å². The number of amides is 2. The fourth-order valence-electron chi connectivity index (χ4n) is 2.52. The number of likely N-dealkylation sites (tertiary alicyclic amines) is 1. The quantitative estimate of drug-likeness (QED) is 0.802. The highest BCUT2D eigenvalue weighted by atomic mass is 16.5. The SMILES string of the molecule is CC1COCCN1C(=O)N1CC(n2cc(C(=O)O)nn2)C1. The number of ether oxygens (including phenoxy) is 1. The molecule has 2 amide bonds. The van der Waals surface area contributed by atoms with E-state index in [1.807, 2.05) is 11.8 Å². The maximum atomic E-state index is 12.3. The van der Waals surface area contributed by atoms with Crippen molar-refractivity contribution in [2.75, 3.05) is 32.8 Å². The van der Waals surface area contributed by atoms with Crippen LogP contribution in [-0.4, -0.2) is 80.8 Å². The van der Waals surface area contributed by atoms with Gasteiger partial charge in [0.2, 0.25) is 0 Å². The molecule has 0 spiro atoms. The fraction of sp³-hybridized carbons (Fsp3) is 0.667. The molecular weight excluding hydrogens is 278 g/mol. The van der Waals surface area contributed by atoms with Crippen molar-refractivity contribution < 1.29 is 19.4 Å². The van der Waals surface area contributed by atoms with Crippen molar-refractivity contribution in [1.82, 2.24) is 24.8 Å². The Morgan fingerprint density at radius 1 is 1.43 bits per heavy atom. The van der Waals surface area contributed by atoms with E-state index < -0.39 is 5.97 Å². The van der Waals surface area contributed by atoms with E-state index >= 15 is 0 Å². The van der Waals surface area contributed by atoms with Gasteiger partial charge in [0.1, 0.15) is 0 Å². The Labute approximate surface area is 121 Å². The number of carboxylic acids is 1. The molecule has 21 heavy (non-hydrogen) atoms. The zero-order valence-corrected chi connectivity index (χ0v) is 11.7. The van der Waals surface area contributed by atoms with Crippen molar-refractivity contribution in [1.29, 1.82) is 0 Å². The minimum absolute atomic E-state index is 0.000577. The van der Waals surface area contributed by atoms with Crippen molar-refractivity contribution in [3.8, 4) is 0 Å². The van der Waals surface area contributed by atoms with Crippen LogP contribution in [0.2, 0.25) is 0 Å². The molecule has 9 nitrogen and oxygen atoms in total. The number of carboxylic acid groups (broad SMARTS) is 1. The number of hydrogen-bond acceptors (Lipinski definition) is 5. The summed E-state index contributed by atoms with van der Waals surface area (Å²) in [6.45, 7) is 4.74. The first-order valence-electron chi connectivity index (χ1n) is 6.84. The average Bonchev–Trinajstić information content (AvgIpc) is 2.87. The zero-order chi connectivity index (χ0) is 15.0. The summed E-state index contributed by atoms with van der Waals surface area (Å²) in [4.78, 5) is 26.6. The molecule has 3 heterocycles. The third-order valence-corrected chi connectivity index (χ3v) is 3.85. The van der Waals surface area contributed by atoms with Crippen molar-refractivity contribution in [3.63, 3.8) is 0 Å². The molecule has 114 valence electrons. The van der Waals surface area contributed by atoms with Gasteiger partial charge < -0.3 is 19.6 Å². The summed E-state index contributed by atoms with van der Waals surface area (Å²) < 4.78 is 6.83. The Kier molecular flexibility index (Phi) is 3.50. The van der Waals surface area contributed by atoms with Gasteiger partial charge in [0.15, 0.2) is 5.69 Å². The highest BCUT2D eigenvalue weighted by molar-refractivity contribution is 5.84. The van der Waals surface area contributed by atoms with Gasteiger partial charge in [-0.1, -0.05) is 5.21 Å². The minimum Gasteiger partial charge on any atom is -0.476 e. The number of nitrogens with zero attached hydrogens (tertiary/aromatic N) is 5. The maximum absolute atomic E-state index is 12.3. The Morgan fingerprint density at radius 3 is 2.81 bits per heavy atom. The van der Waals surface area contributed by atoms with E-state index in [0.717, 1.165) is 0 Å². The van der Waals surface area contributed by atoms with Crippen molar-refractivity contribution in [3.05, 3.63) is 11.9 Å². The molecule has 0 aliphatic carbocycles. The van der Waals surface area contributed by atoms with E-state index in [9.17, 15) is 9.59 Å². The lowest BCUT2D eigenvalue weighted by Gasteiger charge is -2.44. The zero-order valence-electron chi connectivity index (χ0n) is 11.7. The Balaban J connectivity index is 1.57. The lowest BCUT2D eigenvalue weighted by atomic mass is 10.1. The number of morpholine rings is 1. The second kappa shape index (κ2) is 5.32. The lowest BCUT2D eigenvalue weighted by Crippen LogP contribution is -2.59. The Bertz CT molecular complexity index is 554. The molecule has 3 rings (SSSR count). The molecule has 1 atom stereocenters. The van der Waals surface area contributed by atoms with Gasteiger partial charge in [-0.15, -0.1) is 5.10 Å². The van der Waals surface area contributed by atoms with E-state index in [-0.39, 0.29) is 23.8 Å². The van der Waals surface area contributed by atoms with Gasteiger partial charge in [-0.3, -0.25) is 0 Å². The molecule has 0 bridgehead atoms.